The van der Waals surface area contributed by atoms with Crippen LogP contribution in [0.15, 0.2) is 71.5 Å². The highest BCUT2D eigenvalue weighted by molar-refractivity contribution is 14.1. The third-order valence-corrected chi connectivity index (χ3v) is 5.31. The number of aromatic nitrogens is 2. The van der Waals surface area contributed by atoms with Crippen LogP contribution in [0.4, 0.5) is 0 Å². The molecule has 0 fully saturated rings. The summed E-state index contributed by atoms with van der Waals surface area (Å²) in [7, 11) is 1.61. The topological polar surface area (TPSA) is 44.1 Å². The molecule has 0 aliphatic rings. The zero-order valence-corrected chi connectivity index (χ0v) is 18.3. The van der Waals surface area contributed by atoms with Crippen LogP contribution in [-0.4, -0.2) is 16.7 Å². The molecule has 0 amide bonds. The molecule has 5 heteroatoms. The summed E-state index contributed by atoms with van der Waals surface area (Å²) >= 11 is 2.21. The molecule has 1 heterocycles. The van der Waals surface area contributed by atoms with Crippen LogP contribution in [0.1, 0.15) is 17.0 Å². The molecule has 1 aromatic heterocycles. The van der Waals surface area contributed by atoms with E-state index in [1.807, 2.05) is 66.7 Å². The van der Waals surface area contributed by atoms with E-state index in [2.05, 4.69) is 41.6 Å². The van der Waals surface area contributed by atoms with E-state index in [4.69, 9.17) is 9.72 Å². The maximum absolute atomic E-state index is 13.4. The predicted octanol–water partition coefficient (Wildman–Crippen LogP) is 5.48. The van der Waals surface area contributed by atoms with Gasteiger partial charge in [0.1, 0.15) is 11.6 Å². The fourth-order valence-corrected chi connectivity index (χ4v) is 3.72. The summed E-state index contributed by atoms with van der Waals surface area (Å²) in [6.07, 6.45) is 3.86. The van der Waals surface area contributed by atoms with E-state index in [0.717, 1.165) is 9.13 Å². The SMILES string of the molecule is COc1cccc(-n2c(C=Cc3cccc(C)c3)nc3ccc(I)cc3c2=O)c1. The molecule has 0 radical (unpaired) electrons. The van der Waals surface area contributed by atoms with Crippen molar-refractivity contribution in [2.24, 2.45) is 0 Å². The first kappa shape index (κ1) is 19.4. The summed E-state index contributed by atoms with van der Waals surface area (Å²) in [6, 6.07) is 21.4. The van der Waals surface area contributed by atoms with Crippen molar-refractivity contribution in [3.05, 3.63) is 97.6 Å². The fourth-order valence-electron chi connectivity index (χ4n) is 3.23. The van der Waals surface area contributed by atoms with Crippen molar-refractivity contribution >= 4 is 45.6 Å². The van der Waals surface area contributed by atoms with Crippen molar-refractivity contribution in [2.45, 2.75) is 6.92 Å². The second kappa shape index (κ2) is 8.21. The van der Waals surface area contributed by atoms with Crippen LogP contribution in [0.3, 0.4) is 0 Å². The largest absolute Gasteiger partial charge is 0.497 e. The van der Waals surface area contributed by atoms with E-state index in [9.17, 15) is 4.79 Å². The number of hydrogen-bond donors (Lipinski definition) is 0. The molecule has 4 aromatic rings. The summed E-state index contributed by atoms with van der Waals surface area (Å²) in [5.41, 5.74) is 3.52. The van der Waals surface area contributed by atoms with Crippen LogP contribution in [0.5, 0.6) is 5.75 Å². The van der Waals surface area contributed by atoms with Gasteiger partial charge in [0.2, 0.25) is 0 Å². The van der Waals surface area contributed by atoms with E-state index in [0.29, 0.717) is 28.2 Å². The van der Waals surface area contributed by atoms with Crippen molar-refractivity contribution in [3.8, 4) is 11.4 Å². The van der Waals surface area contributed by atoms with Gasteiger partial charge < -0.3 is 4.74 Å². The third kappa shape index (κ3) is 4.10. The molecule has 29 heavy (non-hydrogen) atoms. The number of ether oxygens (including phenoxy) is 1. The van der Waals surface area contributed by atoms with Gasteiger partial charge in [-0.2, -0.15) is 0 Å². The maximum Gasteiger partial charge on any atom is 0.266 e. The molecule has 144 valence electrons. The summed E-state index contributed by atoms with van der Waals surface area (Å²) < 4.78 is 7.98. The molecular weight excluding hydrogens is 475 g/mol. The lowest BCUT2D eigenvalue weighted by molar-refractivity contribution is 0.414. The van der Waals surface area contributed by atoms with Gasteiger partial charge in [-0.1, -0.05) is 42.0 Å². The van der Waals surface area contributed by atoms with Crippen molar-refractivity contribution in [2.75, 3.05) is 7.11 Å². The first-order valence-corrected chi connectivity index (χ1v) is 10.2. The lowest BCUT2D eigenvalue weighted by Crippen LogP contribution is -2.22. The summed E-state index contributed by atoms with van der Waals surface area (Å²) in [5.74, 6) is 1.25. The molecule has 0 atom stereocenters. The molecular formula is C24H19IN2O2. The number of rotatable bonds is 4. The molecule has 0 saturated heterocycles. The van der Waals surface area contributed by atoms with Gasteiger partial charge in [0, 0.05) is 9.64 Å². The molecule has 0 unspecified atom stereocenters. The minimum absolute atomic E-state index is 0.106. The van der Waals surface area contributed by atoms with E-state index in [1.54, 1.807) is 11.7 Å². The van der Waals surface area contributed by atoms with Gasteiger partial charge in [-0.3, -0.25) is 9.36 Å². The standard InChI is InChI=1S/C24H19IN2O2/c1-16-5-3-6-17(13-16)9-12-23-26-22-11-10-18(25)14-21(22)24(28)27(23)19-7-4-8-20(15-19)29-2/h3-15H,1-2H3. The summed E-state index contributed by atoms with van der Waals surface area (Å²) in [5, 5.41) is 0.590. The first-order valence-electron chi connectivity index (χ1n) is 9.16. The Bertz CT molecular complexity index is 1290. The van der Waals surface area contributed by atoms with E-state index < -0.39 is 0 Å². The molecule has 4 nitrogen and oxygen atoms in total. The number of hydrogen-bond acceptors (Lipinski definition) is 3. The van der Waals surface area contributed by atoms with Gasteiger partial charge in [-0.05, 0) is 71.5 Å². The molecule has 3 aromatic carbocycles. The Balaban J connectivity index is 1.96. The van der Waals surface area contributed by atoms with Crippen LogP contribution in [-0.2, 0) is 0 Å². The molecule has 0 bridgehead atoms. The normalized spacial score (nSPS) is 11.3. The molecule has 0 saturated carbocycles. The summed E-state index contributed by atoms with van der Waals surface area (Å²) in [6.45, 7) is 2.05. The highest BCUT2D eigenvalue weighted by atomic mass is 127. The zero-order valence-electron chi connectivity index (χ0n) is 16.1. The van der Waals surface area contributed by atoms with Gasteiger partial charge in [0.05, 0.1) is 23.7 Å². The first-order chi connectivity index (χ1) is 14.0. The summed E-state index contributed by atoms with van der Waals surface area (Å²) in [4.78, 5) is 18.2. The Kier molecular flexibility index (Phi) is 5.49. The minimum Gasteiger partial charge on any atom is -0.497 e. The molecule has 0 spiro atoms. The Morgan fingerprint density at radius 2 is 1.83 bits per heavy atom. The number of fused-ring (bicyclic) bond motifs is 1. The Morgan fingerprint density at radius 1 is 1.00 bits per heavy atom. The van der Waals surface area contributed by atoms with Gasteiger partial charge in [0.25, 0.3) is 5.56 Å². The average molecular weight is 494 g/mol. The second-order valence-corrected chi connectivity index (χ2v) is 7.97. The Hall–Kier alpha value is -2.93. The molecule has 0 aliphatic heterocycles. The van der Waals surface area contributed by atoms with Gasteiger partial charge in [-0.25, -0.2) is 4.98 Å². The number of benzene rings is 3. The average Bonchev–Trinajstić information content (AvgIpc) is 2.73. The highest BCUT2D eigenvalue weighted by Crippen LogP contribution is 2.20. The minimum atomic E-state index is -0.106. The Labute approximate surface area is 182 Å². The molecule has 0 aliphatic carbocycles. The number of nitrogens with zero attached hydrogens (tertiary/aromatic N) is 2. The van der Waals surface area contributed by atoms with Gasteiger partial charge in [0.15, 0.2) is 0 Å². The van der Waals surface area contributed by atoms with Crippen LogP contribution in [0, 0.1) is 10.5 Å². The smallest absolute Gasteiger partial charge is 0.266 e. The van der Waals surface area contributed by atoms with Crippen molar-refractivity contribution in [3.63, 3.8) is 0 Å². The fraction of sp³-hybridized carbons (Fsp3) is 0.0833. The van der Waals surface area contributed by atoms with Crippen LogP contribution >= 0.6 is 22.6 Å². The lowest BCUT2D eigenvalue weighted by Gasteiger charge is -2.12. The number of methoxy groups -OCH3 is 1. The zero-order chi connectivity index (χ0) is 20.4. The van der Waals surface area contributed by atoms with Crippen molar-refractivity contribution in [1.82, 2.24) is 9.55 Å². The monoisotopic (exact) mass is 494 g/mol. The number of halogens is 1. The lowest BCUT2D eigenvalue weighted by atomic mass is 10.1. The van der Waals surface area contributed by atoms with Crippen LogP contribution < -0.4 is 10.3 Å². The van der Waals surface area contributed by atoms with E-state index in [-0.39, 0.29) is 5.56 Å². The molecule has 0 N–H and O–H groups in total. The molecule has 4 rings (SSSR count). The second-order valence-electron chi connectivity index (χ2n) is 6.72. The van der Waals surface area contributed by atoms with Crippen LogP contribution in [0.25, 0.3) is 28.7 Å². The van der Waals surface area contributed by atoms with Crippen molar-refractivity contribution < 1.29 is 4.74 Å². The number of aryl methyl sites for hydroxylation is 1. The highest BCUT2D eigenvalue weighted by Gasteiger charge is 2.12. The van der Waals surface area contributed by atoms with E-state index in [1.165, 1.54) is 5.56 Å². The third-order valence-electron chi connectivity index (χ3n) is 4.63. The van der Waals surface area contributed by atoms with Gasteiger partial charge >= 0.3 is 0 Å². The van der Waals surface area contributed by atoms with Gasteiger partial charge in [-0.15, -0.1) is 0 Å². The Morgan fingerprint density at radius 3 is 2.62 bits per heavy atom. The van der Waals surface area contributed by atoms with Crippen molar-refractivity contribution in [1.29, 1.82) is 0 Å². The maximum atomic E-state index is 13.4. The van der Waals surface area contributed by atoms with E-state index >= 15 is 0 Å². The van der Waals surface area contributed by atoms with Crippen LogP contribution in [0.2, 0.25) is 0 Å². The predicted molar refractivity (Wildman–Crippen MR) is 127 cm³/mol. The quantitative estimate of drug-likeness (QED) is 0.353.